The quantitative estimate of drug-likeness (QED) is 0.820. The van der Waals surface area contributed by atoms with Crippen molar-refractivity contribution < 1.29 is 23.9 Å². The van der Waals surface area contributed by atoms with Crippen molar-refractivity contribution >= 4 is 18.1 Å². The van der Waals surface area contributed by atoms with Gasteiger partial charge >= 0.3 is 12.2 Å². The van der Waals surface area contributed by atoms with Crippen LogP contribution in [0.4, 0.5) is 9.59 Å². The normalized spacial score (nSPS) is 26.7. The van der Waals surface area contributed by atoms with Crippen LogP contribution in [0.3, 0.4) is 0 Å². The fourth-order valence-corrected chi connectivity index (χ4v) is 3.74. The number of likely N-dealkylation sites (tertiary alicyclic amines) is 1. The van der Waals surface area contributed by atoms with Crippen LogP contribution >= 0.6 is 0 Å². The zero-order valence-electron chi connectivity index (χ0n) is 16.4. The van der Waals surface area contributed by atoms with Gasteiger partial charge in [-0.05, 0) is 39.2 Å². The summed E-state index contributed by atoms with van der Waals surface area (Å²) in [5, 5.41) is 2.74. The van der Waals surface area contributed by atoms with E-state index in [0.717, 1.165) is 10.5 Å². The maximum Gasteiger partial charge on any atom is 0.417 e. The molecular formula is C20H27N3O5. The molecule has 0 aromatic heterocycles. The molecule has 3 N–H and O–H groups in total. The second kappa shape index (κ2) is 7.79. The Morgan fingerprint density at radius 3 is 2.54 bits per heavy atom. The summed E-state index contributed by atoms with van der Waals surface area (Å²) in [5.41, 5.74) is 6.36. The van der Waals surface area contributed by atoms with Gasteiger partial charge in [-0.3, -0.25) is 4.79 Å². The largest absolute Gasteiger partial charge is 0.445 e. The minimum Gasteiger partial charge on any atom is -0.445 e. The highest BCUT2D eigenvalue weighted by atomic mass is 16.6. The number of imide groups is 1. The monoisotopic (exact) mass is 389 g/mol. The van der Waals surface area contributed by atoms with E-state index in [9.17, 15) is 14.4 Å². The molecule has 4 atom stereocenters. The van der Waals surface area contributed by atoms with Crippen molar-refractivity contribution in [1.82, 2.24) is 10.2 Å². The third kappa shape index (κ3) is 4.44. The molecule has 1 aromatic carbocycles. The van der Waals surface area contributed by atoms with E-state index in [4.69, 9.17) is 15.2 Å². The first-order chi connectivity index (χ1) is 13.2. The third-order valence-corrected chi connectivity index (χ3v) is 4.99. The fourth-order valence-electron chi connectivity index (χ4n) is 3.74. The maximum atomic E-state index is 12.8. The van der Waals surface area contributed by atoms with Gasteiger partial charge in [0.05, 0.1) is 12.0 Å². The number of nitrogens with zero attached hydrogens (tertiary/aromatic N) is 1. The summed E-state index contributed by atoms with van der Waals surface area (Å²) in [5.74, 6) is -0.873. The van der Waals surface area contributed by atoms with Crippen LogP contribution < -0.4 is 11.1 Å². The summed E-state index contributed by atoms with van der Waals surface area (Å²) in [6.07, 6.45) is -0.500. The second-order valence-corrected chi connectivity index (χ2v) is 8.31. The average molecular weight is 389 g/mol. The van der Waals surface area contributed by atoms with Crippen molar-refractivity contribution in [2.75, 3.05) is 0 Å². The molecule has 1 saturated heterocycles. The van der Waals surface area contributed by atoms with Crippen LogP contribution in [-0.4, -0.2) is 46.7 Å². The van der Waals surface area contributed by atoms with E-state index < -0.39 is 41.8 Å². The van der Waals surface area contributed by atoms with Crippen molar-refractivity contribution in [1.29, 1.82) is 0 Å². The molecule has 1 saturated carbocycles. The lowest BCUT2D eigenvalue weighted by molar-refractivity contribution is -0.131. The van der Waals surface area contributed by atoms with E-state index in [0.29, 0.717) is 12.8 Å². The molecule has 152 valence electrons. The number of carbonyl (C=O) groups excluding carboxylic acids is 3. The zero-order valence-corrected chi connectivity index (χ0v) is 16.4. The van der Waals surface area contributed by atoms with E-state index >= 15 is 0 Å². The number of nitrogens with one attached hydrogen (secondary N) is 1. The molecule has 3 amide bonds. The Bertz CT molecular complexity index is 746. The first kappa shape index (κ1) is 20.1. The van der Waals surface area contributed by atoms with E-state index in [2.05, 4.69) is 5.32 Å². The smallest absolute Gasteiger partial charge is 0.417 e. The molecule has 1 aliphatic carbocycles. The van der Waals surface area contributed by atoms with Crippen LogP contribution in [0.2, 0.25) is 0 Å². The summed E-state index contributed by atoms with van der Waals surface area (Å²) in [6.45, 7) is 5.36. The van der Waals surface area contributed by atoms with Gasteiger partial charge in [-0.1, -0.05) is 30.3 Å². The molecule has 0 radical (unpaired) electrons. The first-order valence-corrected chi connectivity index (χ1v) is 9.44. The summed E-state index contributed by atoms with van der Waals surface area (Å²) in [4.78, 5) is 38.6. The fraction of sp³-hybridized carbons (Fsp3) is 0.550. The number of amides is 3. The lowest BCUT2D eigenvalue weighted by Gasteiger charge is -2.33. The summed E-state index contributed by atoms with van der Waals surface area (Å²) in [6, 6.07) is 7.99. The molecule has 0 unspecified atom stereocenters. The number of hydrogen-bond acceptors (Lipinski definition) is 6. The number of hydrogen-bond donors (Lipinski definition) is 2. The molecule has 1 aromatic rings. The maximum absolute atomic E-state index is 12.8. The third-order valence-electron chi connectivity index (χ3n) is 4.99. The molecule has 2 bridgehead atoms. The Morgan fingerprint density at radius 1 is 1.21 bits per heavy atom. The average Bonchev–Trinajstić information content (AvgIpc) is 2.92. The van der Waals surface area contributed by atoms with Gasteiger partial charge in [-0.25, -0.2) is 14.5 Å². The number of ether oxygens (including phenoxy) is 2. The topological polar surface area (TPSA) is 111 Å². The van der Waals surface area contributed by atoms with Crippen LogP contribution in [0.1, 0.15) is 39.2 Å². The number of nitrogens with two attached hydrogens (primary N) is 1. The van der Waals surface area contributed by atoms with Crippen LogP contribution in [0.25, 0.3) is 0 Å². The molecule has 2 aliphatic rings. The van der Waals surface area contributed by atoms with Crippen LogP contribution in [0, 0.1) is 5.92 Å². The SMILES string of the molecule is CC(C)(C)OC(=O)N1C(=O)[C@@H]2C[C@H]1[C@@H](N)C[C@@H]2NC(=O)OCc1ccccc1. The first-order valence-electron chi connectivity index (χ1n) is 9.44. The predicted molar refractivity (Wildman–Crippen MR) is 101 cm³/mol. The van der Waals surface area contributed by atoms with Gasteiger partial charge in [0.1, 0.15) is 12.2 Å². The highest BCUT2D eigenvalue weighted by molar-refractivity contribution is 5.96. The lowest BCUT2D eigenvalue weighted by atomic mass is 9.82. The summed E-state index contributed by atoms with van der Waals surface area (Å²) >= 11 is 0. The van der Waals surface area contributed by atoms with Gasteiger partial charge in [-0.2, -0.15) is 0 Å². The number of benzene rings is 1. The summed E-state index contributed by atoms with van der Waals surface area (Å²) < 4.78 is 10.6. The van der Waals surface area contributed by atoms with Gasteiger partial charge in [0.25, 0.3) is 0 Å². The Kier molecular flexibility index (Phi) is 5.60. The Hall–Kier alpha value is -2.61. The molecule has 1 heterocycles. The van der Waals surface area contributed by atoms with Gasteiger partial charge in [0, 0.05) is 12.1 Å². The Labute approximate surface area is 164 Å². The Balaban J connectivity index is 1.62. The van der Waals surface area contributed by atoms with Gasteiger partial charge in [0.15, 0.2) is 0 Å². The molecule has 8 nitrogen and oxygen atoms in total. The highest BCUT2D eigenvalue weighted by Gasteiger charge is 2.54. The van der Waals surface area contributed by atoms with E-state index in [1.807, 2.05) is 30.3 Å². The second-order valence-electron chi connectivity index (χ2n) is 8.31. The number of carbonyl (C=O) groups is 3. The van der Waals surface area contributed by atoms with Gasteiger partial charge < -0.3 is 20.5 Å². The highest BCUT2D eigenvalue weighted by Crippen LogP contribution is 2.37. The molecule has 3 rings (SSSR count). The molecular weight excluding hydrogens is 362 g/mol. The molecule has 28 heavy (non-hydrogen) atoms. The minimum atomic E-state index is -0.711. The van der Waals surface area contributed by atoms with Crippen molar-refractivity contribution in [3.8, 4) is 0 Å². The molecule has 0 spiro atoms. The van der Waals surface area contributed by atoms with Gasteiger partial charge in [0.2, 0.25) is 5.91 Å². The van der Waals surface area contributed by atoms with Crippen molar-refractivity contribution in [3.63, 3.8) is 0 Å². The van der Waals surface area contributed by atoms with Crippen LogP contribution in [-0.2, 0) is 20.9 Å². The minimum absolute atomic E-state index is 0.136. The van der Waals surface area contributed by atoms with E-state index in [-0.39, 0.29) is 12.5 Å². The van der Waals surface area contributed by atoms with E-state index in [1.54, 1.807) is 20.8 Å². The lowest BCUT2D eigenvalue weighted by Crippen LogP contribution is -2.52. The number of rotatable bonds is 3. The standard InChI is InChI=1S/C20H27N3O5/c1-20(2,3)28-19(26)23-16-9-13(17(23)24)15(10-14(16)21)22-18(25)27-11-12-7-5-4-6-8-12/h4-8,13-16H,9-11,21H2,1-3H3,(H,22,25)/t13-,14+,15+,16+/m1/s1. The van der Waals surface area contributed by atoms with Crippen molar-refractivity contribution in [2.45, 2.75) is 63.9 Å². The zero-order chi connectivity index (χ0) is 20.5. The molecule has 8 heteroatoms. The van der Waals surface area contributed by atoms with Crippen LogP contribution in [0.15, 0.2) is 30.3 Å². The number of alkyl carbamates (subject to hydrolysis) is 1. The van der Waals surface area contributed by atoms with Crippen LogP contribution in [0.5, 0.6) is 0 Å². The molecule has 1 aliphatic heterocycles. The Morgan fingerprint density at radius 2 is 1.89 bits per heavy atom. The van der Waals surface area contributed by atoms with E-state index in [1.165, 1.54) is 0 Å². The van der Waals surface area contributed by atoms with Crippen molar-refractivity contribution in [3.05, 3.63) is 35.9 Å². The summed E-state index contributed by atoms with van der Waals surface area (Å²) in [7, 11) is 0. The number of fused-ring (bicyclic) bond motifs is 2. The molecule has 2 fully saturated rings. The predicted octanol–water partition coefficient (Wildman–Crippen LogP) is 2.16. The van der Waals surface area contributed by atoms with Gasteiger partial charge in [-0.15, -0.1) is 0 Å². The van der Waals surface area contributed by atoms with Crippen molar-refractivity contribution in [2.24, 2.45) is 11.7 Å².